The highest BCUT2D eigenvalue weighted by Crippen LogP contribution is 2.18. The van der Waals surface area contributed by atoms with Gasteiger partial charge < -0.3 is 5.73 Å². The Balaban J connectivity index is 2.30. The van der Waals surface area contributed by atoms with E-state index in [4.69, 9.17) is 17.3 Å². The molecule has 0 spiro atoms. The van der Waals surface area contributed by atoms with Gasteiger partial charge in [-0.2, -0.15) is 5.10 Å². The fourth-order valence-corrected chi connectivity index (χ4v) is 2.15. The summed E-state index contributed by atoms with van der Waals surface area (Å²) in [7, 11) is 0. The summed E-state index contributed by atoms with van der Waals surface area (Å²) in [6, 6.07) is 7.84. The second-order valence-electron chi connectivity index (χ2n) is 3.92. The molecule has 90 valence electrons. The Morgan fingerprint density at radius 3 is 2.71 bits per heavy atom. The van der Waals surface area contributed by atoms with Crippen LogP contribution in [0.5, 0.6) is 0 Å². The summed E-state index contributed by atoms with van der Waals surface area (Å²) >= 11 is 6.14. The quantitative estimate of drug-likeness (QED) is 0.905. The van der Waals surface area contributed by atoms with E-state index < -0.39 is 0 Å². The summed E-state index contributed by atoms with van der Waals surface area (Å²) in [4.78, 5) is 0. The van der Waals surface area contributed by atoms with Crippen molar-refractivity contribution in [3.63, 3.8) is 0 Å². The van der Waals surface area contributed by atoms with Gasteiger partial charge in [-0.1, -0.05) is 36.7 Å². The van der Waals surface area contributed by atoms with Crippen molar-refractivity contribution in [2.24, 2.45) is 5.73 Å². The smallest absolute Gasteiger partial charge is 0.0677 e. The van der Waals surface area contributed by atoms with Gasteiger partial charge in [0.05, 0.1) is 12.7 Å². The van der Waals surface area contributed by atoms with Gasteiger partial charge in [0.2, 0.25) is 0 Å². The molecular weight excluding hydrogens is 234 g/mol. The molecule has 0 bridgehead atoms. The lowest BCUT2D eigenvalue weighted by Crippen LogP contribution is -2.08. The molecule has 0 saturated carbocycles. The zero-order valence-corrected chi connectivity index (χ0v) is 10.6. The second kappa shape index (κ2) is 5.34. The van der Waals surface area contributed by atoms with E-state index in [1.807, 2.05) is 35.1 Å². The number of hydrogen-bond acceptors (Lipinski definition) is 2. The summed E-state index contributed by atoms with van der Waals surface area (Å²) in [6.07, 6.45) is 2.77. The number of aromatic nitrogens is 2. The molecule has 0 unspecified atom stereocenters. The van der Waals surface area contributed by atoms with E-state index in [2.05, 4.69) is 12.0 Å². The van der Waals surface area contributed by atoms with Crippen LogP contribution in [-0.2, 0) is 19.5 Å². The molecule has 2 N–H and O–H groups in total. The summed E-state index contributed by atoms with van der Waals surface area (Å²) in [5, 5.41) is 5.15. The lowest BCUT2D eigenvalue weighted by Gasteiger charge is -2.08. The number of benzene rings is 1. The van der Waals surface area contributed by atoms with E-state index in [1.165, 1.54) is 5.69 Å². The molecule has 0 saturated heterocycles. The van der Waals surface area contributed by atoms with Gasteiger partial charge in [-0.3, -0.25) is 4.68 Å². The molecule has 1 heterocycles. The van der Waals surface area contributed by atoms with Crippen LogP contribution in [0, 0.1) is 0 Å². The third-order valence-corrected chi connectivity index (χ3v) is 3.24. The topological polar surface area (TPSA) is 43.8 Å². The highest BCUT2D eigenvalue weighted by molar-refractivity contribution is 6.31. The van der Waals surface area contributed by atoms with Gasteiger partial charge in [0, 0.05) is 22.8 Å². The fraction of sp³-hybridized carbons (Fsp3) is 0.308. The van der Waals surface area contributed by atoms with Crippen LogP contribution < -0.4 is 5.73 Å². The molecule has 2 rings (SSSR count). The van der Waals surface area contributed by atoms with Gasteiger partial charge in [-0.25, -0.2) is 0 Å². The molecule has 0 atom stereocenters. The van der Waals surface area contributed by atoms with E-state index in [-0.39, 0.29) is 0 Å². The van der Waals surface area contributed by atoms with Crippen molar-refractivity contribution in [2.75, 3.05) is 0 Å². The van der Waals surface area contributed by atoms with E-state index >= 15 is 0 Å². The third kappa shape index (κ3) is 2.51. The van der Waals surface area contributed by atoms with Crippen LogP contribution >= 0.6 is 11.6 Å². The van der Waals surface area contributed by atoms with E-state index in [9.17, 15) is 0 Å². The van der Waals surface area contributed by atoms with Crippen molar-refractivity contribution in [3.05, 3.63) is 52.3 Å². The van der Waals surface area contributed by atoms with Crippen molar-refractivity contribution in [1.29, 1.82) is 0 Å². The molecule has 1 aromatic heterocycles. The van der Waals surface area contributed by atoms with Crippen LogP contribution in [0.4, 0.5) is 0 Å². The lowest BCUT2D eigenvalue weighted by atomic mass is 10.2. The average molecular weight is 250 g/mol. The van der Waals surface area contributed by atoms with Crippen LogP contribution in [0.2, 0.25) is 5.02 Å². The Bertz CT molecular complexity index is 505. The maximum absolute atomic E-state index is 6.14. The van der Waals surface area contributed by atoms with E-state index in [0.717, 1.165) is 22.6 Å². The predicted octanol–water partition coefficient (Wildman–Crippen LogP) is 2.61. The number of nitrogens with zero attached hydrogens (tertiary/aromatic N) is 2. The first-order chi connectivity index (χ1) is 8.26. The van der Waals surface area contributed by atoms with Gasteiger partial charge in [-0.05, 0) is 18.1 Å². The van der Waals surface area contributed by atoms with Crippen LogP contribution in [0.3, 0.4) is 0 Å². The Morgan fingerprint density at radius 2 is 2.06 bits per heavy atom. The molecule has 2 aromatic rings. The minimum Gasteiger partial charge on any atom is -0.326 e. The monoisotopic (exact) mass is 249 g/mol. The van der Waals surface area contributed by atoms with Gasteiger partial charge in [0.15, 0.2) is 0 Å². The Labute approximate surface area is 106 Å². The van der Waals surface area contributed by atoms with Crippen LogP contribution in [0.25, 0.3) is 0 Å². The van der Waals surface area contributed by atoms with Crippen LogP contribution in [0.15, 0.2) is 30.5 Å². The molecule has 0 aliphatic rings. The number of hydrogen-bond donors (Lipinski definition) is 1. The minimum atomic E-state index is 0.533. The Kier molecular flexibility index (Phi) is 3.82. The minimum absolute atomic E-state index is 0.533. The van der Waals surface area contributed by atoms with Gasteiger partial charge in [0.25, 0.3) is 0 Å². The fourth-order valence-electron chi connectivity index (χ4n) is 1.95. The van der Waals surface area contributed by atoms with E-state index in [1.54, 1.807) is 0 Å². The first kappa shape index (κ1) is 12.1. The van der Waals surface area contributed by atoms with Gasteiger partial charge in [-0.15, -0.1) is 0 Å². The highest BCUT2D eigenvalue weighted by Gasteiger charge is 2.09. The summed E-state index contributed by atoms with van der Waals surface area (Å²) in [5.41, 5.74) is 9.06. The molecule has 0 aliphatic carbocycles. The number of halogens is 1. The molecular formula is C13H16ClN3. The highest BCUT2D eigenvalue weighted by atomic mass is 35.5. The first-order valence-corrected chi connectivity index (χ1v) is 6.11. The molecule has 17 heavy (non-hydrogen) atoms. The standard InChI is InChI=1S/C13H16ClN3/c1-2-13-11(7-15)8-16-17(13)9-10-5-3-4-6-12(10)14/h3-6,8H,2,7,9,15H2,1H3. The zero-order chi connectivity index (χ0) is 12.3. The summed E-state index contributed by atoms with van der Waals surface area (Å²) in [6.45, 7) is 3.34. The maximum Gasteiger partial charge on any atom is 0.0677 e. The molecule has 0 amide bonds. The third-order valence-electron chi connectivity index (χ3n) is 2.87. The normalized spacial score (nSPS) is 10.8. The van der Waals surface area contributed by atoms with Gasteiger partial charge >= 0.3 is 0 Å². The second-order valence-corrected chi connectivity index (χ2v) is 4.33. The number of rotatable bonds is 4. The average Bonchev–Trinajstić information content (AvgIpc) is 2.74. The van der Waals surface area contributed by atoms with Crippen molar-refractivity contribution < 1.29 is 0 Å². The van der Waals surface area contributed by atoms with Crippen LogP contribution in [0.1, 0.15) is 23.7 Å². The van der Waals surface area contributed by atoms with E-state index in [0.29, 0.717) is 13.1 Å². The molecule has 0 radical (unpaired) electrons. The van der Waals surface area contributed by atoms with Crippen molar-refractivity contribution in [2.45, 2.75) is 26.4 Å². The van der Waals surface area contributed by atoms with Gasteiger partial charge in [0.1, 0.15) is 0 Å². The predicted molar refractivity (Wildman–Crippen MR) is 70.1 cm³/mol. The van der Waals surface area contributed by atoms with Crippen molar-refractivity contribution in [1.82, 2.24) is 9.78 Å². The van der Waals surface area contributed by atoms with Crippen molar-refractivity contribution >= 4 is 11.6 Å². The molecule has 1 aromatic carbocycles. The summed E-state index contributed by atoms with van der Waals surface area (Å²) < 4.78 is 1.98. The molecule has 3 nitrogen and oxygen atoms in total. The molecule has 0 fully saturated rings. The summed E-state index contributed by atoms with van der Waals surface area (Å²) in [5.74, 6) is 0. The Morgan fingerprint density at radius 1 is 1.29 bits per heavy atom. The largest absolute Gasteiger partial charge is 0.326 e. The first-order valence-electron chi connectivity index (χ1n) is 5.73. The van der Waals surface area contributed by atoms with Crippen LogP contribution in [-0.4, -0.2) is 9.78 Å². The maximum atomic E-state index is 6.14. The Hall–Kier alpha value is -1.32. The number of nitrogens with two attached hydrogens (primary N) is 1. The van der Waals surface area contributed by atoms with Crippen molar-refractivity contribution in [3.8, 4) is 0 Å². The SMILES string of the molecule is CCc1c(CN)cnn1Cc1ccccc1Cl. The molecule has 4 heteroatoms. The lowest BCUT2D eigenvalue weighted by molar-refractivity contribution is 0.647. The molecule has 0 aliphatic heterocycles. The zero-order valence-electron chi connectivity index (χ0n) is 9.86.